The van der Waals surface area contributed by atoms with Crippen LogP contribution in [0.25, 0.3) is 0 Å². The molecule has 0 N–H and O–H groups in total. The van der Waals surface area contributed by atoms with Crippen LogP contribution in [0.2, 0.25) is 0 Å². The predicted octanol–water partition coefficient (Wildman–Crippen LogP) is 1.79. The molecule has 0 saturated heterocycles. The monoisotopic (exact) mass is 172 g/mol. The minimum Gasteiger partial charge on any atom is -0.295 e. The lowest BCUT2D eigenvalue weighted by Crippen LogP contribution is -1.92. The Morgan fingerprint density at radius 3 is 2.62 bits per heavy atom. The molecule has 8 heavy (non-hydrogen) atoms. The Kier molecular flexibility index (Phi) is 1.63. The van der Waals surface area contributed by atoms with E-state index in [1.165, 1.54) is 0 Å². The van der Waals surface area contributed by atoms with Gasteiger partial charge in [0.15, 0.2) is 5.78 Å². The van der Waals surface area contributed by atoms with Crippen LogP contribution >= 0.6 is 15.9 Å². The first kappa shape index (κ1) is 5.76. The molecule has 0 radical (unpaired) electrons. The van der Waals surface area contributed by atoms with E-state index in [0.29, 0.717) is 6.42 Å². The van der Waals surface area contributed by atoms with Gasteiger partial charge in [-0.1, -0.05) is 22.0 Å². The highest BCUT2D eigenvalue weighted by molar-refractivity contribution is 9.11. The summed E-state index contributed by atoms with van der Waals surface area (Å²) in [7, 11) is 0. The third kappa shape index (κ3) is 1.30. The number of hydrogen-bond acceptors (Lipinski definition) is 1. The summed E-state index contributed by atoms with van der Waals surface area (Å²) in [6, 6.07) is 0. The van der Waals surface area contributed by atoms with Gasteiger partial charge in [-0.05, 0) is 12.2 Å². The summed E-state index contributed by atoms with van der Waals surface area (Å²) >= 11 is 3.24. The number of allylic oxidation sites excluding steroid dienone is 4. The number of halogens is 1. The van der Waals surface area contributed by atoms with E-state index in [2.05, 4.69) is 15.9 Å². The van der Waals surface area contributed by atoms with E-state index in [9.17, 15) is 4.79 Å². The van der Waals surface area contributed by atoms with Crippen LogP contribution in [-0.2, 0) is 4.79 Å². The molecule has 2 heteroatoms. The largest absolute Gasteiger partial charge is 0.295 e. The number of carbonyl (C=O) groups is 1. The molecule has 42 valence electrons. The Bertz CT molecular complexity index is 165. The SMILES string of the molecule is O=C1C=CC(Br)=CC1. The van der Waals surface area contributed by atoms with Crippen LogP contribution in [0.1, 0.15) is 6.42 Å². The first-order chi connectivity index (χ1) is 3.79. The maximum absolute atomic E-state index is 10.5. The Balaban J connectivity index is 2.71. The van der Waals surface area contributed by atoms with Crippen molar-refractivity contribution in [1.29, 1.82) is 0 Å². The van der Waals surface area contributed by atoms with Crippen molar-refractivity contribution in [3.8, 4) is 0 Å². The molecular formula is C6H5BrO. The average molecular weight is 173 g/mol. The molecule has 1 nitrogen and oxygen atoms in total. The minimum atomic E-state index is 0.174. The molecule has 0 bridgehead atoms. The summed E-state index contributed by atoms with van der Waals surface area (Å²) in [5, 5.41) is 0. The zero-order valence-corrected chi connectivity index (χ0v) is 5.81. The Labute approximate surface area is 56.2 Å². The van der Waals surface area contributed by atoms with Gasteiger partial charge in [-0.2, -0.15) is 0 Å². The van der Waals surface area contributed by atoms with Gasteiger partial charge < -0.3 is 0 Å². The molecular weight excluding hydrogens is 168 g/mol. The maximum Gasteiger partial charge on any atom is 0.159 e. The normalized spacial score (nSPS) is 18.6. The van der Waals surface area contributed by atoms with Crippen molar-refractivity contribution in [3.63, 3.8) is 0 Å². The molecule has 0 atom stereocenters. The van der Waals surface area contributed by atoms with Crippen LogP contribution in [-0.4, -0.2) is 5.78 Å². The van der Waals surface area contributed by atoms with Gasteiger partial charge in [-0.25, -0.2) is 0 Å². The summed E-state index contributed by atoms with van der Waals surface area (Å²) in [5.74, 6) is 0.174. The van der Waals surface area contributed by atoms with Gasteiger partial charge in [0.05, 0.1) is 0 Å². The second kappa shape index (κ2) is 2.27. The van der Waals surface area contributed by atoms with Crippen molar-refractivity contribution >= 4 is 21.7 Å². The number of hydrogen-bond donors (Lipinski definition) is 0. The van der Waals surface area contributed by atoms with Gasteiger partial charge in [-0.3, -0.25) is 4.79 Å². The fourth-order valence-corrected chi connectivity index (χ4v) is 0.801. The lowest BCUT2D eigenvalue weighted by atomic mass is 10.2. The summed E-state index contributed by atoms with van der Waals surface area (Å²) in [4.78, 5) is 10.5. The van der Waals surface area contributed by atoms with E-state index < -0.39 is 0 Å². The molecule has 0 amide bonds. The molecule has 0 spiro atoms. The average Bonchev–Trinajstić information content (AvgIpc) is 1.77. The molecule has 0 aliphatic heterocycles. The third-order valence-corrected chi connectivity index (χ3v) is 1.51. The number of rotatable bonds is 0. The van der Waals surface area contributed by atoms with Gasteiger partial charge >= 0.3 is 0 Å². The van der Waals surface area contributed by atoms with Crippen LogP contribution in [0.3, 0.4) is 0 Å². The van der Waals surface area contributed by atoms with Gasteiger partial charge in [0.1, 0.15) is 0 Å². The summed E-state index contributed by atoms with van der Waals surface area (Å²) in [6.07, 6.45) is 5.72. The molecule has 1 aliphatic carbocycles. The molecule has 0 unspecified atom stereocenters. The fraction of sp³-hybridized carbons (Fsp3) is 0.167. The second-order valence-electron chi connectivity index (χ2n) is 1.59. The maximum atomic E-state index is 10.5. The zero-order chi connectivity index (χ0) is 5.98. The molecule has 0 fully saturated rings. The molecule has 1 rings (SSSR count). The topological polar surface area (TPSA) is 17.1 Å². The molecule has 0 heterocycles. The van der Waals surface area contributed by atoms with Crippen LogP contribution < -0.4 is 0 Å². The third-order valence-electron chi connectivity index (χ3n) is 0.927. The van der Waals surface area contributed by atoms with Crippen LogP contribution in [0, 0.1) is 0 Å². The summed E-state index contributed by atoms with van der Waals surface area (Å²) < 4.78 is 0.997. The van der Waals surface area contributed by atoms with Crippen molar-refractivity contribution in [2.45, 2.75) is 6.42 Å². The smallest absolute Gasteiger partial charge is 0.159 e. The van der Waals surface area contributed by atoms with E-state index >= 15 is 0 Å². The van der Waals surface area contributed by atoms with E-state index in [0.717, 1.165) is 4.48 Å². The van der Waals surface area contributed by atoms with Crippen molar-refractivity contribution < 1.29 is 4.79 Å². The van der Waals surface area contributed by atoms with Crippen molar-refractivity contribution in [1.82, 2.24) is 0 Å². The first-order valence-corrected chi connectivity index (χ1v) is 3.15. The Morgan fingerprint density at radius 1 is 1.50 bits per heavy atom. The van der Waals surface area contributed by atoms with Crippen molar-refractivity contribution in [3.05, 3.63) is 22.7 Å². The van der Waals surface area contributed by atoms with Crippen molar-refractivity contribution in [2.75, 3.05) is 0 Å². The van der Waals surface area contributed by atoms with Crippen LogP contribution in [0.4, 0.5) is 0 Å². The lowest BCUT2D eigenvalue weighted by Gasteiger charge is -1.94. The fourth-order valence-electron chi connectivity index (χ4n) is 0.507. The Morgan fingerprint density at radius 2 is 2.25 bits per heavy atom. The standard InChI is InChI=1S/C6H5BrO/c7-5-1-3-6(8)4-2-5/h1-3H,4H2. The van der Waals surface area contributed by atoms with E-state index in [1.807, 2.05) is 6.08 Å². The summed E-state index contributed by atoms with van der Waals surface area (Å²) in [5.41, 5.74) is 0. The summed E-state index contributed by atoms with van der Waals surface area (Å²) in [6.45, 7) is 0. The van der Waals surface area contributed by atoms with Crippen molar-refractivity contribution in [2.24, 2.45) is 0 Å². The minimum absolute atomic E-state index is 0.174. The molecule has 0 aromatic carbocycles. The Hall–Kier alpha value is -0.370. The first-order valence-electron chi connectivity index (χ1n) is 2.35. The van der Waals surface area contributed by atoms with Crippen LogP contribution in [0.15, 0.2) is 22.7 Å². The van der Waals surface area contributed by atoms with E-state index in [1.54, 1.807) is 12.2 Å². The molecule has 1 aliphatic rings. The second-order valence-corrected chi connectivity index (χ2v) is 2.51. The quantitative estimate of drug-likeness (QED) is 0.545. The molecule has 0 aromatic rings. The van der Waals surface area contributed by atoms with Crippen LogP contribution in [0.5, 0.6) is 0 Å². The molecule has 0 saturated carbocycles. The zero-order valence-electron chi connectivity index (χ0n) is 4.23. The van der Waals surface area contributed by atoms with Gasteiger partial charge in [-0.15, -0.1) is 0 Å². The molecule has 0 aromatic heterocycles. The highest BCUT2D eigenvalue weighted by atomic mass is 79.9. The number of carbonyl (C=O) groups excluding carboxylic acids is 1. The van der Waals surface area contributed by atoms with Gasteiger partial charge in [0.2, 0.25) is 0 Å². The van der Waals surface area contributed by atoms with E-state index in [-0.39, 0.29) is 5.78 Å². The lowest BCUT2D eigenvalue weighted by molar-refractivity contribution is -0.113. The predicted molar refractivity (Wildman–Crippen MR) is 35.8 cm³/mol. The van der Waals surface area contributed by atoms with Gasteiger partial charge in [0, 0.05) is 10.9 Å². The van der Waals surface area contributed by atoms with Gasteiger partial charge in [0.25, 0.3) is 0 Å². The number of ketones is 1. The highest BCUT2D eigenvalue weighted by Crippen LogP contribution is 2.12. The highest BCUT2D eigenvalue weighted by Gasteiger charge is 1.98. The van der Waals surface area contributed by atoms with E-state index in [4.69, 9.17) is 0 Å².